The van der Waals surface area contributed by atoms with E-state index in [4.69, 9.17) is 27.8 Å². The maximum absolute atomic E-state index is 12.7. The van der Waals surface area contributed by atoms with E-state index in [9.17, 15) is 8.42 Å². The van der Waals surface area contributed by atoms with Crippen molar-refractivity contribution in [1.29, 1.82) is 0 Å². The van der Waals surface area contributed by atoms with Gasteiger partial charge in [-0.2, -0.15) is 4.31 Å². The molecular weight excluding hydrogens is 312 g/mol. The lowest BCUT2D eigenvalue weighted by Gasteiger charge is -2.36. The van der Waals surface area contributed by atoms with Crippen LogP contribution < -0.4 is 5.73 Å². The van der Waals surface area contributed by atoms with Gasteiger partial charge in [-0.1, -0.05) is 24.4 Å². The fraction of sp³-hybridized carbons (Fsp3) is 0.462. The summed E-state index contributed by atoms with van der Waals surface area (Å²) in [7, 11) is -3.68. The van der Waals surface area contributed by atoms with Gasteiger partial charge in [0.25, 0.3) is 0 Å². The molecule has 0 bridgehead atoms. The van der Waals surface area contributed by atoms with Crippen molar-refractivity contribution in [3.05, 3.63) is 29.8 Å². The van der Waals surface area contributed by atoms with Gasteiger partial charge >= 0.3 is 0 Å². The summed E-state index contributed by atoms with van der Waals surface area (Å²) in [5, 5.41) is 9.17. The third-order valence-corrected chi connectivity index (χ3v) is 5.59. The number of benzene rings is 1. The van der Waals surface area contributed by atoms with Gasteiger partial charge < -0.3 is 15.6 Å². The van der Waals surface area contributed by atoms with Crippen LogP contribution in [0.25, 0.3) is 0 Å². The second-order valence-electron chi connectivity index (χ2n) is 4.95. The zero-order valence-corrected chi connectivity index (χ0v) is 13.2. The topological polar surface area (TPSA) is 92.9 Å². The summed E-state index contributed by atoms with van der Waals surface area (Å²) >= 11 is 4.88. The van der Waals surface area contributed by atoms with Crippen molar-refractivity contribution in [1.82, 2.24) is 4.31 Å². The molecule has 6 nitrogen and oxygen atoms in total. The first-order chi connectivity index (χ1) is 9.86. The maximum Gasteiger partial charge on any atom is 0.243 e. The zero-order valence-electron chi connectivity index (χ0n) is 11.6. The monoisotopic (exact) mass is 330 g/mol. The average molecular weight is 330 g/mol. The molecule has 1 heterocycles. The van der Waals surface area contributed by atoms with E-state index in [1.54, 1.807) is 19.1 Å². The molecule has 0 aliphatic carbocycles. The Bertz CT molecular complexity index is 633. The van der Waals surface area contributed by atoms with Crippen molar-refractivity contribution in [2.75, 3.05) is 19.8 Å². The molecule has 2 rings (SSSR count). The van der Waals surface area contributed by atoms with Crippen molar-refractivity contribution in [3.63, 3.8) is 0 Å². The lowest BCUT2D eigenvalue weighted by Crippen LogP contribution is -2.51. The van der Waals surface area contributed by atoms with E-state index in [-0.39, 0.29) is 35.7 Å². The van der Waals surface area contributed by atoms with E-state index in [0.29, 0.717) is 5.56 Å². The van der Waals surface area contributed by atoms with Crippen molar-refractivity contribution >= 4 is 27.2 Å². The van der Waals surface area contributed by atoms with Gasteiger partial charge in [-0.25, -0.2) is 8.42 Å². The Morgan fingerprint density at radius 2 is 2.29 bits per heavy atom. The molecule has 0 saturated carbocycles. The Labute approximate surface area is 129 Å². The Morgan fingerprint density at radius 3 is 2.90 bits per heavy atom. The van der Waals surface area contributed by atoms with Crippen molar-refractivity contribution in [2.45, 2.75) is 24.0 Å². The predicted octanol–water partition coefficient (Wildman–Crippen LogP) is 0.0911. The molecule has 1 saturated heterocycles. The predicted molar refractivity (Wildman–Crippen MR) is 82.5 cm³/mol. The second kappa shape index (κ2) is 6.37. The number of aliphatic hydroxyl groups excluding tert-OH is 1. The van der Waals surface area contributed by atoms with Crippen LogP contribution in [0.2, 0.25) is 0 Å². The minimum Gasteiger partial charge on any atom is -0.394 e. The molecule has 116 valence electrons. The highest BCUT2D eigenvalue weighted by atomic mass is 32.2. The molecule has 1 aromatic rings. The lowest BCUT2D eigenvalue weighted by molar-refractivity contribution is -0.0516. The van der Waals surface area contributed by atoms with E-state index in [2.05, 4.69) is 0 Å². The molecule has 1 aliphatic rings. The summed E-state index contributed by atoms with van der Waals surface area (Å²) in [5.41, 5.74) is 6.05. The number of aliphatic hydroxyl groups is 1. The molecule has 0 aromatic heterocycles. The van der Waals surface area contributed by atoms with Crippen LogP contribution in [0.15, 0.2) is 29.2 Å². The molecule has 0 radical (unpaired) electrons. The Balaban J connectivity index is 2.36. The minimum atomic E-state index is -3.68. The molecule has 1 fully saturated rings. The highest BCUT2D eigenvalue weighted by Crippen LogP contribution is 2.23. The van der Waals surface area contributed by atoms with Gasteiger partial charge in [-0.15, -0.1) is 0 Å². The standard InChI is InChI=1S/C13H18N2O4S2/c1-9-8-19-11(7-16)6-15(9)21(17,18)12-4-2-3-10(5-12)13(14)20/h2-5,9,11,16H,6-8H2,1H3,(H2,14,20). The number of hydrogen-bond donors (Lipinski definition) is 2. The number of hydrogen-bond acceptors (Lipinski definition) is 5. The van der Waals surface area contributed by atoms with Crippen LogP contribution in [0.1, 0.15) is 12.5 Å². The molecule has 21 heavy (non-hydrogen) atoms. The normalized spacial score (nSPS) is 23.9. The van der Waals surface area contributed by atoms with E-state index in [0.717, 1.165) is 0 Å². The second-order valence-corrected chi connectivity index (χ2v) is 7.28. The van der Waals surface area contributed by atoms with Crippen LogP contribution >= 0.6 is 12.2 Å². The van der Waals surface area contributed by atoms with Crippen LogP contribution in [0.4, 0.5) is 0 Å². The van der Waals surface area contributed by atoms with Gasteiger partial charge in [-0.3, -0.25) is 0 Å². The summed E-state index contributed by atoms with van der Waals surface area (Å²) in [6.45, 7) is 1.92. The van der Waals surface area contributed by atoms with E-state index in [1.807, 2.05) is 0 Å². The van der Waals surface area contributed by atoms with Crippen molar-refractivity contribution in [2.24, 2.45) is 5.73 Å². The van der Waals surface area contributed by atoms with Crippen LogP contribution in [-0.2, 0) is 14.8 Å². The van der Waals surface area contributed by atoms with Gasteiger partial charge in [-0.05, 0) is 19.1 Å². The summed E-state index contributed by atoms with van der Waals surface area (Å²) in [6, 6.07) is 5.95. The lowest BCUT2D eigenvalue weighted by atomic mass is 10.2. The molecule has 0 spiro atoms. The number of sulfonamides is 1. The fourth-order valence-corrected chi connectivity index (χ4v) is 4.00. The van der Waals surface area contributed by atoms with Crippen molar-refractivity contribution < 1.29 is 18.3 Å². The van der Waals surface area contributed by atoms with E-state index in [1.165, 1.54) is 16.4 Å². The third-order valence-electron chi connectivity index (χ3n) is 3.38. The first-order valence-corrected chi connectivity index (χ1v) is 8.35. The first kappa shape index (κ1) is 16.3. The molecule has 2 atom stereocenters. The molecule has 3 N–H and O–H groups in total. The minimum absolute atomic E-state index is 0.122. The summed E-state index contributed by atoms with van der Waals surface area (Å²) in [6.07, 6.45) is -0.505. The van der Waals surface area contributed by atoms with Crippen molar-refractivity contribution in [3.8, 4) is 0 Å². The van der Waals surface area contributed by atoms with Gasteiger partial charge in [0.15, 0.2) is 0 Å². The molecule has 1 aliphatic heterocycles. The van der Waals surface area contributed by atoms with Crippen LogP contribution in [0, 0.1) is 0 Å². The maximum atomic E-state index is 12.7. The van der Waals surface area contributed by atoms with Crippen LogP contribution in [0.3, 0.4) is 0 Å². The number of morpholine rings is 1. The van der Waals surface area contributed by atoms with Gasteiger partial charge in [0.05, 0.1) is 24.2 Å². The molecule has 0 amide bonds. The van der Waals surface area contributed by atoms with Gasteiger partial charge in [0.2, 0.25) is 10.0 Å². The Hall–Kier alpha value is -1.06. The molecule has 1 aromatic carbocycles. The fourth-order valence-electron chi connectivity index (χ4n) is 2.18. The number of thiocarbonyl (C=S) groups is 1. The zero-order chi connectivity index (χ0) is 15.6. The van der Waals surface area contributed by atoms with E-state index < -0.39 is 16.1 Å². The number of rotatable bonds is 4. The highest BCUT2D eigenvalue weighted by molar-refractivity contribution is 7.89. The quantitative estimate of drug-likeness (QED) is 0.760. The van der Waals surface area contributed by atoms with Crippen LogP contribution in [-0.4, -0.2) is 54.7 Å². The smallest absolute Gasteiger partial charge is 0.243 e. The highest BCUT2D eigenvalue weighted by Gasteiger charge is 2.35. The van der Waals surface area contributed by atoms with Gasteiger partial charge in [0.1, 0.15) is 4.99 Å². The summed E-state index contributed by atoms with van der Waals surface area (Å²) in [4.78, 5) is 0.286. The summed E-state index contributed by atoms with van der Waals surface area (Å²) in [5.74, 6) is 0. The molecular formula is C13H18N2O4S2. The number of nitrogens with zero attached hydrogens (tertiary/aromatic N) is 1. The van der Waals surface area contributed by atoms with E-state index >= 15 is 0 Å². The Morgan fingerprint density at radius 1 is 1.57 bits per heavy atom. The number of ether oxygens (including phenoxy) is 1. The molecule has 2 unspecified atom stereocenters. The average Bonchev–Trinajstić information content (AvgIpc) is 2.47. The van der Waals surface area contributed by atoms with Crippen LogP contribution in [0.5, 0.6) is 0 Å². The molecule has 8 heteroatoms. The SMILES string of the molecule is CC1COC(CO)CN1S(=O)(=O)c1cccc(C(N)=S)c1. The largest absolute Gasteiger partial charge is 0.394 e. The Kier molecular flexibility index (Phi) is 4.95. The number of nitrogens with two attached hydrogens (primary N) is 1. The third kappa shape index (κ3) is 3.41. The first-order valence-electron chi connectivity index (χ1n) is 6.50. The summed E-state index contributed by atoms with van der Waals surface area (Å²) < 4.78 is 32.2. The van der Waals surface area contributed by atoms with Gasteiger partial charge in [0, 0.05) is 18.2 Å².